The smallest absolute Gasteiger partial charge is 0.266 e. The second-order valence-corrected chi connectivity index (χ2v) is 26.2. The molecule has 346 valence electrons. The van der Waals surface area contributed by atoms with Crippen LogP contribution in [0.1, 0.15) is 68.7 Å². The lowest BCUT2D eigenvalue weighted by Crippen LogP contribution is -2.20. The molecule has 27 heteroatoms. The minimum atomic E-state index is -3.35. The topological polar surface area (TPSA) is 282 Å². The number of ketones is 1. The minimum Gasteiger partial charge on any atom is -0.363 e. The number of nitrogens with zero attached hydrogens (tertiary/aromatic N) is 1. The molecule has 0 amide bonds. The molecule has 0 bridgehead atoms. The summed E-state index contributed by atoms with van der Waals surface area (Å²) in [6, 6.07) is 0. The fourth-order valence-electron chi connectivity index (χ4n) is 0.569. The van der Waals surface area contributed by atoms with Gasteiger partial charge in [-0.05, 0) is 38.7 Å². The molecule has 0 heterocycles. The monoisotopic (exact) mass is 967 g/mol. The van der Waals surface area contributed by atoms with Crippen LogP contribution in [-0.4, -0.2) is 174 Å². The van der Waals surface area contributed by atoms with Gasteiger partial charge in [0.05, 0.1) is 39.6 Å². The van der Waals surface area contributed by atoms with Crippen LogP contribution in [0.3, 0.4) is 0 Å². The number of hydrogen-bond donors (Lipinski definition) is 1. The highest BCUT2D eigenvalue weighted by atomic mass is 32.2. The van der Waals surface area contributed by atoms with E-state index in [1.807, 2.05) is 13.8 Å². The van der Waals surface area contributed by atoms with Crippen molar-refractivity contribution in [1.82, 2.24) is 4.47 Å². The third-order valence-electron chi connectivity index (χ3n) is 4.81. The van der Waals surface area contributed by atoms with Gasteiger partial charge in [0.2, 0.25) is 10.0 Å². The van der Waals surface area contributed by atoms with Gasteiger partial charge in [-0.3, -0.25) is 13.6 Å². The number of sulfonamides is 1. The van der Waals surface area contributed by atoms with Gasteiger partial charge in [0.1, 0.15) is 35.3 Å². The van der Waals surface area contributed by atoms with Crippen molar-refractivity contribution in [2.75, 3.05) is 108 Å². The lowest BCUT2D eigenvalue weighted by atomic mass is 10.4. The van der Waals surface area contributed by atoms with Crippen LogP contribution in [0.5, 0.6) is 0 Å². The summed E-state index contributed by atoms with van der Waals surface area (Å²) in [5, 5.41) is 8.13. The van der Waals surface area contributed by atoms with Gasteiger partial charge < -0.3 is 13.5 Å². The normalized spacial score (nSPS) is 11.4. The zero-order valence-electron chi connectivity index (χ0n) is 36.3. The maximum Gasteiger partial charge on any atom is 0.266 e. The second kappa shape index (κ2) is 45.0. The van der Waals surface area contributed by atoms with Gasteiger partial charge in [0.25, 0.3) is 20.2 Å². The SMILES string of the molecule is CCC(C)=O.CCP(C)OC.CCS(=O)(=O)CC.CCS(=O)(=O)OC.CCS(C)(=O)=O.CCS(C)(=O)=O.CCSOC.CN(O)S(C)(=O)=O.COS(C)(=O)=O. The first-order chi connectivity index (χ1) is 24.4. The Bertz CT molecular complexity index is 1350. The standard InChI is InChI=1S/C4H10O2S.C4H11OP.C4H8O.C3H8O3S.2C3H8O2S.C3H8OS.C2H7NO3S.C2H6O3S/c1-3-7(5,6)4-2;1-4-6(3)5-2;1-3-4(2)5;1-3-7(4,5)6-2;2*1-3-6(2,4)5;1-3-5-4-2;1-3(4)7(2,5)6;1-5-6(2,3)4/h3-4H2,1-2H3;4H2,1-3H3;3H2,1-2H3;3H2,1-2H3;2*3H2,1-2H3;3H2,1-2H3;4H,1-2H3;1-2H3. The Balaban J connectivity index is -0.0000000620. The zero-order chi connectivity index (χ0) is 46.9. The number of sulfone groups is 3. The molecule has 0 fully saturated rings. The summed E-state index contributed by atoms with van der Waals surface area (Å²) in [4.78, 5) is 9.81. The summed E-state index contributed by atoms with van der Waals surface area (Å²) >= 11 is 1.46. The molecule has 1 unspecified atom stereocenters. The van der Waals surface area contributed by atoms with Crippen LogP contribution in [-0.2, 0) is 81.6 Å². The molecule has 0 radical (unpaired) electrons. The van der Waals surface area contributed by atoms with Gasteiger partial charge in [0.15, 0.2) is 0 Å². The van der Waals surface area contributed by atoms with Crippen LogP contribution >= 0.6 is 20.2 Å². The lowest BCUT2D eigenvalue weighted by molar-refractivity contribution is -0.116. The molecular formula is C28H74NO18PS7. The van der Waals surface area contributed by atoms with E-state index in [2.05, 4.69) is 26.1 Å². The van der Waals surface area contributed by atoms with Crippen LogP contribution in [0, 0.1) is 0 Å². The molecule has 55 heavy (non-hydrogen) atoms. The highest BCUT2D eigenvalue weighted by Crippen LogP contribution is 2.28. The molecule has 0 rings (SSSR count). The molecule has 1 atom stereocenters. The van der Waals surface area contributed by atoms with Gasteiger partial charge in [-0.1, -0.05) is 52.9 Å². The van der Waals surface area contributed by atoms with E-state index >= 15 is 0 Å². The van der Waals surface area contributed by atoms with Crippen LogP contribution in [0.2, 0.25) is 0 Å². The van der Waals surface area contributed by atoms with Crippen LogP contribution < -0.4 is 0 Å². The van der Waals surface area contributed by atoms with E-state index in [9.17, 15) is 55.3 Å². The van der Waals surface area contributed by atoms with Gasteiger partial charge >= 0.3 is 0 Å². The van der Waals surface area contributed by atoms with E-state index in [4.69, 9.17) is 9.73 Å². The predicted octanol–water partition coefficient (Wildman–Crippen LogP) is 3.35. The Hall–Kier alpha value is -0.0900. The van der Waals surface area contributed by atoms with E-state index in [0.29, 0.717) is 6.42 Å². The molecule has 0 aliphatic rings. The molecular weight excluding hydrogens is 894 g/mol. The summed E-state index contributed by atoms with van der Waals surface area (Å²) in [6.45, 7) is 17.8. The van der Waals surface area contributed by atoms with E-state index < -0.39 is 59.8 Å². The lowest BCUT2D eigenvalue weighted by Gasteiger charge is -2.01. The summed E-state index contributed by atoms with van der Waals surface area (Å²) < 4.78 is 138. The van der Waals surface area contributed by atoms with Crippen molar-refractivity contribution in [2.24, 2.45) is 0 Å². The van der Waals surface area contributed by atoms with Crippen LogP contribution in [0.15, 0.2) is 0 Å². The summed E-state index contributed by atoms with van der Waals surface area (Å²) in [5.74, 6) is 2.36. The van der Waals surface area contributed by atoms with Crippen molar-refractivity contribution < 1.29 is 77.6 Å². The van der Waals surface area contributed by atoms with Crippen LogP contribution in [0.4, 0.5) is 0 Å². The number of hydroxylamine groups is 1. The third kappa shape index (κ3) is 119. The predicted molar refractivity (Wildman–Crippen MR) is 230 cm³/mol. The molecule has 1 N–H and O–H groups in total. The van der Waals surface area contributed by atoms with E-state index in [1.54, 1.807) is 48.8 Å². The number of rotatable bonds is 13. The first kappa shape index (κ1) is 75.7. The Morgan fingerprint density at radius 3 is 0.909 bits per heavy atom. The maximum absolute atomic E-state index is 10.4. The number of hydrogen-bond acceptors (Lipinski definition) is 19. The summed E-state index contributed by atoms with van der Waals surface area (Å²) in [5.41, 5.74) is 0. The largest absolute Gasteiger partial charge is 0.363 e. The Kier molecular flexibility index (Phi) is 62.0. The van der Waals surface area contributed by atoms with Crippen molar-refractivity contribution in [3.8, 4) is 0 Å². The van der Waals surface area contributed by atoms with Crippen molar-refractivity contribution in [3.63, 3.8) is 0 Å². The van der Waals surface area contributed by atoms with Crippen molar-refractivity contribution in [1.29, 1.82) is 0 Å². The molecule has 0 saturated heterocycles. The highest BCUT2D eigenvalue weighted by molar-refractivity contribution is 7.94. The quantitative estimate of drug-likeness (QED) is 0.120. The van der Waals surface area contributed by atoms with Crippen molar-refractivity contribution in [3.05, 3.63) is 0 Å². The zero-order valence-corrected chi connectivity index (χ0v) is 42.9. The van der Waals surface area contributed by atoms with E-state index in [1.165, 1.54) is 37.6 Å². The minimum absolute atomic E-state index is 0.0451. The first-order valence-corrected chi connectivity index (χ1v) is 30.0. The molecule has 19 nitrogen and oxygen atoms in total. The Morgan fingerprint density at radius 1 is 0.636 bits per heavy atom. The van der Waals surface area contributed by atoms with Gasteiger partial charge in [-0.25, -0.2) is 33.7 Å². The fraction of sp³-hybridized carbons (Fsp3) is 0.964. The molecule has 0 aromatic heterocycles. The van der Waals surface area contributed by atoms with Crippen molar-refractivity contribution >= 4 is 85.7 Å². The Morgan fingerprint density at radius 2 is 0.909 bits per heavy atom. The second-order valence-electron chi connectivity index (χ2n) is 9.59. The molecule has 0 spiro atoms. The van der Waals surface area contributed by atoms with Crippen LogP contribution in [0.25, 0.3) is 0 Å². The third-order valence-corrected chi connectivity index (χ3v) is 13.4. The molecule has 0 saturated carbocycles. The van der Waals surface area contributed by atoms with Crippen molar-refractivity contribution in [2.45, 2.75) is 68.7 Å². The number of carbonyl (C=O) groups excluding carboxylic acids is 1. The van der Waals surface area contributed by atoms with E-state index in [-0.39, 0.29) is 47.2 Å². The summed E-state index contributed by atoms with van der Waals surface area (Å²) in [7, 11) is -11.0. The average Bonchev–Trinajstić information content (AvgIpc) is 3.09. The van der Waals surface area contributed by atoms with Gasteiger partial charge in [-0.2, -0.15) is 16.8 Å². The average molecular weight is 968 g/mol. The van der Waals surface area contributed by atoms with Gasteiger partial charge in [-0.15, -0.1) is 0 Å². The first-order valence-electron chi connectivity index (χ1n) is 16.0. The maximum atomic E-state index is 10.4. The summed E-state index contributed by atoms with van der Waals surface area (Å²) in [6.07, 6.45) is 6.17. The Labute approximate surface area is 342 Å². The molecule has 0 aromatic rings. The fourth-order valence-corrected chi connectivity index (χ4v) is 1.71. The number of carbonyl (C=O) groups is 1. The van der Waals surface area contributed by atoms with E-state index in [0.717, 1.165) is 39.5 Å². The van der Waals surface area contributed by atoms with Gasteiger partial charge in [0, 0.05) is 70.0 Å². The molecule has 0 aliphatic carbocycles. The molecule has 0 aliphatic heterocycles. The number of Topliss-reactive ketones (excluding diaryl/α,β-unsaturated/α-hetero) is 1. The molecule has 0 aromatic carbocycles. The highest BCUT2D eigenvalue weighted by Gasteiger charge is 2.03.